The summed E-state index contributed by atoms with van der Waals surface area (Å²) < 4.78 is 0. The molecule has 0 atom stereocenters. The Kier molecular flexibility index (Phi) is 4.05. The van der Waals surface area contributed by atoms with Crippen LogP contribution in [0.15, 0.2) is 24.8 Å². The molecule has 0 aromatic rings. The second-order valence-electron chi connectivity index (χ2n) is 2.41. The minimum atomic E-state index is -0.617. The summed E-state index contributed by atoms with van der Waals surface area (Å²) in [5.41, 5.74) is -0.617. The summed E-state index contributed by atoms with van der Waals surface area (Å²) in [5.74, 6) is 0. The Hall–Kier alpha value is -0.560. The maximum Gasteiger partial charge on any atom is 0.0825 e. The van der Waals surface area contributed by atoms with Crippen molar-refractivity contribution in [2.45, 2.75) is 32.3 Å². The standard InChI is InChI=1S/C9H16O/c1-4-7-8-9(10,5-2)6-3/h4,7-8,10H,1,5-6H2,2-3H3/b8-7+. The van der Waals surface area contributed by atoms with E-state index in [4.69, 9.17) is 0 Å². The number of rotatable bonds is 4. The van der Waals surface area contributed by atoms with Crippen LogP contribution in [0, 0.1) is 0 Å². The Morgan fingerprint density at radius 2 is 1.90 bits per heavy atom. The van der Waals surface area contributed by atoms with Crippen molar-refractivity contribution < 1.29 is 5.11 Å². The minimum Gasteiger partial charge on any atom is -0.386 e. The summed E-state index contributed by atoms with van der Waals surface area (Å²) in [4.78, 5) is 0. The van der Waals surface area contributed by atoms with E-state index in [9.17, 15) is 5.11 Å². The summed E-state index contributed by atoms with van der Waals surface area (Å²) in [5, 5.41) is 9.63. The lowest BCUT2D eigenvalue weighted by Crippen LogP contribution is -2.22. The molecule has 0 bridgehead atoms. The summed E-state index contributed by atoms with van der Waals surface area (Å²) in [7, 11) is 0. The first kappa shape index (κ1) is 9.44. The van der Waals surface area contributed by atoms with Gasteiger partial charge >= 0.3 is 0 Å². The average Bonchev–Trinajstić information content (AvgIpc) is 2.00. The lowest BCUT2D eigenvalue weighted by Gasteiger charge is -2.19. The van der Waals surface area contributed by atoms with Gasteiger partial charge in [-0.2, -0.15) is 0 Å². The van der Waals surface area contributed by atoms with E-state index < -0.39 is 5.60 Å². The SMILES string of the molecule is C=C/C=C/C(O)(CC)CC. The molecule has 1 heteroatoms. The lowest BCUT2D eigenvalue weighted by atomic mass is 9.97. The van der Waals surface area contributed by atoms with Crippen molar-refractivity contribution in [3.63, 3.8) is 0 Å². The third-order valence-electron chi connectivity index (χ3n) is 1.77. The highest BCUT2D eigenvalue weighted by Crippen LogP contribution is 2.15. The highest BCUT2D eigenvalue weighted by atomic mass is 16.3. The molecule has 0 aromatic heterocycles. The van der Waals surface area contributed by atoms with Crippen LogP contribution in [0.2, 0.25) is 0 Å². The van der Waals surface area contributed by atoms with Crippen LogP contribution in [0.1, 0.15) is 26.7 Å². The van der Waals surface area contributed by atoms with Gasteiger partial charge < -0.3 is 5.11 Å². The van der Waals surface area contributed by atoms with Gasteiger partial charge in [0.1, 0.15) is 0 Å². The Morgan fingerprint density at radius 1 is 1.40 bits per heavy atom. The van der Waals surface area contributed by atoms with Crippen molar-refractivity contribution in [2.75, 3.05) is 0 Å². The number of allylic oxidation sites excluding steroid dienone is 2. The molecule has 0 aliphatic carbocycles. The van der Waals surface area contributed by atoms with Gasteiger partial charge in [-0.15, -0.1) is 0 Å². The van der Waals surface area contributed by atoms with Crippen molar-refractivity contribution in [1.82, 2.24) is 0 Å². The molecule has 0 spiro atoms. The van der Waals surface area contributed by atoms with Crippen molar-refractivity contribution >= 4 is 0 Å². The molecule has 0 radical (unpaired) electrons. The fourth-order valence-corrected chi connectivity index (χ4v) is 0.733. The molecule has 0 aliphatic rings. The van der Waals surface area contributed by atoms with Gasteiger partial charge in [-0.3, -0.25) is 0 Å². The van der Waals surface area contributed by atoms with Gasteiger partial charge in [-0.25, -0.2) is 0 Å². The van der Waals surface area contributed by atoms with E-state index in [0.29, 0.717) is 0 Å². The molecule has 1 nitrogen and oxygen atoms in total. The molecule has 0 aromatic carbocycles. The Balaban J connectivity index is 4.04. The molecule has 0 fully saturated rings. The predicted octanol–water partition coefficient (Wildman–Crippen LogP) is 2.28. The maximum atomic E-state index is 9.63. The molecular weight excluding hydrogens is 124 g/mol. The smallest absolute Gasteiger partial charge is 0.0825 e. The van der Waals surface area contributed by atoms with Gasteiger partial charge in [0.25, 0.3) is 0 Å². The summed E-state index contributed by atoms with van der Waals surface area (Å²) in [6.07, 6.45) is 6.77. The molecule has 10 heavy (non-hydrogen) atoms. The van der Waals surface area contributed by atoms with Crippen LogP contribution in [0.25, 0.3) is 0 Å². The second-order valence-corrected chi connectivity index (χ2v) is 2.41. The third-order valence-corrected chi connectivity index (χ3v) is 1.77. The first-order valence-corrected chi connectivity index (χ1v) is 3.71. The molecule has 0 amide bonds. The highest BCUT2D eigenvalue weighted by molar-refractivity contribution is 5.06. The Labute approximate surface area is 63.1 Å². The van der Waals surface area contributed by atoms with Crippen molar-refractivity contribution in [1.29, 1.82) is 0 Å². The van der Waals surface area contributed by atoms with Crippen LogP contribution in [0.5, 0.6) is 0 Å². The van der Waals surface area contributed by atoms with Gasteiger partial charge in [-0.1, -0.05) is 38.7 Å². The Morgan fingerprint density at radius 3 is 2.20 bits per heavy atom. The summed E-state index contributed by atoms with van der Waals surface area (Å²) in [6.45, 7) is 7.47. The third kappa shape index (κ3) is 2.83. The van der Waals surface area contributed by atoms with E-state index in [1.54, 1.807) is 18.2 Å². The van der Waals surface area contributed by atoms with E-state index in [-0.39, 0.29) is 0 Å². The quantitative estimate of drug-likeness (QED) is 0.594. The molecule has 1 N–H and O–H groups in total. The van der Waals surface area contributed by atoms with Crippen molar-refractivity contribution in [2.24, 2.45) is 0 Å². The first-order chi connectivity index (χ1) is 4.68. The topological polar surface area (TPSA) is 20.2 Å². The van der Waals surface area contributed by atoms with E-state index >= 15 is 0 Å². The van der Waals surface area contributed by atoms with E-state index in [1.165, 1.54) is 0 Å². The number of aliphatic hydroxyl groups is 1. The second kappa shape index (κ2) is 4.29. The molecule has 0 saturated heterocycles. The molecule has 0 heterocycles. The van der Waals surface area contributed by atoms with Crippen LogP contribution < -0.4 is 0 Å². The van der Waals surface area contributed by atoms with Crippen molar-refractivity contribution in [3.05, 3.63) is 24.8 Å². The largest absolute Gasteiger partial charge is 0.386 e. The van der Waals surface area contributed by atoms with E-state index in [2.05, 4.69) is 6.58 Å². The fraction of sp³-hybridized carbons (Fsp3) is 0.556. The van der Waals surface area contributed by atoms with Crippen LogP contribution in [-0.2, 0) is 0 Å². The zero-order chi connectivity index (χ0) is 8.04. The molecular formula is C9H16O. The number of hydrogen-bond donors (Lipinski definition) is 1. The molecule has 0 saturated carbocycles. The van der Waals surface area contributed by atoms with Gasteiger partial charge in [0.15, 0.2) is 0 Å². The average molecular weight is 140 g/mol. The molecule has 0 aliphatic heterocycles. The van der Waals surface area contributed by atoms with Gasteiger partial charge in [0.05, 0.1) is 5.60 Å². The maximum absolute atomic E-state index is 9.63. The zero-order valence-corrected chi connectivity index (χ0v) is 6.80. The minimum absolute atomic E-state index is 0.617. The molecule has 0 unspecified atom stereocenters. The monoisotopic (exact) mass is 140 g/mol. The molecule has 58 valence electrons. The van der Waals surface area contributed by atoms with Gasteiger partial charge in [-0.05, 0) is 12.8 Å². The summed E-state index contributed by atoms with van der Waals surface area (Å²) in [6, 6.07) is 0. The van der Waals surface area contributed by atoms with Crippen LogP contribution in [-0.4, -0.2) is 10.7 Å². The summed E-state index contributed by atoms with van der Waals surface area (Å²) >= 11 is 0. The van der Waals surface area contributed by atoms with E-state index in [1.807, 2.05) is 13.8 Å². The van der Waals surface area contributed by atoms with Gasteiger partial charge in [0, 0.05) is 0 Å². The van der Waals surface area contributed by atoms with E-state index in [0.717, 1.165) is 12.8 Å². The van der Waals surface area contributed by atoms with Crippen LogP contribution in [0.4, 0.5) is 0 Å². The van der Waals surface area contributed by atoms with Crippen LogP contribution in [0.3, 0.4) is 0 Å². The highest BCUT2D eigenvalue weighted by Gasteiger charge is 2.16. The first-order valence-electron chi connectivity index (χ1n) is 3.71. The van der Waals surface area contributed by atoms with Crippen molar-refractivity contribution in [3.8, 4) is 0 Å². The fourth-order valence-electron chi connectivity index (χ4n) is 0.733. The molecule has 0 rings (SSSR count). The lowest BCUT2D eigenvalue weighted by molar-refractivity contribution is 0.0828. The Bertz CT molecular complexity index is 121. The zero-order valence-electron chi connectivity index (χ0n) is 6.80. The normalized spacial score (nSPS) is 12.3. The number of hydrogen-bond acceptors (Lipinski definition) is 1. The van der Waals surface area contributed by atoms with Crippen LogP contribution >= 0.6 is 0 Å². The van der Waals surface area contributed by atoms with Gasteiger partial charge in [0.2, 0.25) is 0 Å². The predicted molar refractivity (Wildman–Crippen MR) is 44.9 cm³/mol.